The van der Waals surface area contributed by atoms with Crippen molar-refractivity contribution in [2.45, 2.75) is 31.4 Å². The van der Waals surface area contributed by atoms with Crippen LogP contribution in [0.1, 0.15) is 48.8 Å². The van der Waals surface area contributed by atoms with Gasteiger partial charge in [0.1, 0.15) is 12.1 Å². The number of hydrogen-bond donors (Lipinski definition) is 1. The molecule has 2 atom stereocenters. The first-order valence-electron chi connectivity index (χ1n) is 6.60. The highest BCUT2D eigenvalue weighted by molar-refractivity contribution is 5.22. The van der Waals surface area contributed by atoms with Crippen LogP contribution in [-0.4, -0.2) is 16.8 Å². The van der Waals surface area contributed by atoms with E-state index in [0.717, 1.165) is 31.4 Å². The molecule has 0 saturated carbocycles. The summed E-state index contributed by atoms with van der Waals surface area (Å²) < 4.78 is 11.3. The molecule has 0 spiro atoms. The van der Waals surface area contributed by atoms with E-state index in [-0.39, 0.29) is 12.1 Å². The van der Waals surface area contributed by atoms with Crippen LogP contribution in [0.15, 0.2) is 34.7 Å². The highest BCUT2D eigenvalue weighted by atomic mass is 16.5. The van der Waals surface area contributed by atoms with Crippen molar-refractivity contribution in [2.24, 2.45) is 5.73 Å². The van der Waals surface area contributed by atoms with E-state index >= 15 is 0 Å². The Kier molecular flexibility index (Phi) is 3.57. The summed E-state index contributed by atoms with van der Waals surface area (Å²) in [5, 5.41) is 8.11. The Bertz CT molecular complexity index is 520. The van der Waals surface area contributed by atoms with Gasteiger partial charge in [0.05, 0.1) is 0 Å². The quantitative estimate of drug-likeness (QED) is 0.915. The molecule has 1 aliphatic rings. The maximum absolute atomic E-state index is 6.12. The zero-order valence-electron chi connectivity index (χ0n) is 10.7. The van der Waals surface area contributed by atoms with Gasteiger partial charge in [-0.3, -0.25) is 0 Å². The second-order valence-electron chi connectivity index (χ2n) is 4.72. The molecule has 2 heterocycles. The van der Waals surface area contributed by atoms with E-state index in [9.17, 15) is 0 Å². The van der Waals surface area contributed by atoms with Crippen molar-refractivity contribution >= 4 is 0 Å². The summed E-state index contributed by atoms with van der Waals surface area (Å²) in [6.07, 6.45) is 3.09. The molecule has 1 aliphatic heterocycles. The number of nitrogens with two attached hydrogens (primary N) is 1. The molecule has 2 aromatic rings. The fourth-order valence-electron chi connectivity index (χ4n) is 2.24. The molecule has 100 valence electrons. The highest BCUT2D eigenvalue weighted by Gasteiger charge is 2.24. The predicted molar refractivity (Wildman–Crippen MR) is 69.3 cm³/mol. The molecule has 0 aliphatic carbocycles. The average molecular weight is 259 g/mol. The number of hydrogen-bond acceptors (Lipinski definition) is 5. The van der Waals surface area contributed by atoms with Crippen LogP contribution < -0.4 is 5.73 Å². The van der Waals surface area contributed by atoms with Crippen LogP contribution in [0.3, 0.4) is 0 Å². The third-order valence-corrected chi connectivity index (χ3v) is 3.34. The van der Waals surface area contributed by atoms with Gasteiger partial charge in [-0.15, -0.1) is 10.2 Å². The Labute approximate surface area is 111 Å². The topological polar surface area (TPSA) is 74.2 Å². The second kappa shape index (κ2) is 5.50. The summed E-state index contributed by atoms with van der Waals surface area (Å²) in [5.41, 5.74) is 7.08. The molecule has 0 bridgehead atoms. The molecule has 5 heteroatoms. The van der Waals surface area contributed by atoms with Gasteiger partial charge in [0.25, 0.3) is 0 Å². The van der Waals surface area contributed by atoms with E-state index in [4.69, 9.17) is 14.9 Å². The van der Waals surface area contributed by atoms with E-state index < -0.39 is 0 Å². The lowest BCUT2D eigenvalue weighted by molar-refractivity contribution is -0.00220. The summed E-state index contributed by atoms with van der Waals surface area (Å²) >= 11 is 0. The lowest BCUT2D eigenvalue weighted by Gasteiger charge is -2.18. The summed E-state index contributed by atoms with van der Waals surface area (Å²) in [7, 11) is 0. The number of ether oxygens (including phenoxy) is 1. The molecule has 0 amide bonds. The van der Waals surface area contributed by atoms with Crippen molar-refractivity contribution in [3.05, 3.63) is 47.7 Å². The summed E-state index contributed by atoms with van der Waals surface area (Å²) in [5.74, 6) is 0.983. The minimum atomic E-state index is -0.383. The van der Waals surface area contributed by atoms with Gasteiger partial charge in [0.15, 0.2) is 0 Å². The first kappa shape index (κ1) is 12.3. The van der Waals surface area contributed by atoms with E-state index in [1.165, 1.54) is 0 Å². The standard InChI is InChI=1S/C14H17N3O2/c15-12(10-6-2-1-3-7-10)14-17-16-13(19-14)11-8-4-5-9-18-11/h1-3,6-7,11-12H,4-5,8-9,15H2. The minimum Gasteiger partial charge on any atom is -0.420 e. The van der Waals surface area contributed by atoms with Crippen molar-refractivity contribution in [2.75, 3.05) is 6.61 Å². The minimum absolute atomic E-state index is 0.0713. The molecule has 1 fully saturated rings. The summed E-state index contributed by atoms with van der Waals surface area (Å²) in [6, 6.07) is 9.35. The smallest absolute Gasteiger partial charge is 0.245 e. The van der Waals surface area contributed by atoms with Crippen molar-refractivity contribution in [1.82, 2.24) is 10.2 Å². The summed E-state index contributed by atoms with van der Waals surface area (Å²) in [6.45, 7) is 0.757. The molecule has 1 aromatic carbocycles. The van der Waals surface area contributed by atoms with E-state index in [1.54, 1.807) is 0 Å². The van der Waals surface area contributed by atoms with Crippen molar-refractivity contribution < 1.29 is 9.15 Å². The van der Waals surface area contributed by atoms with E-state index in [1.807, 2.05) is 30.3 Å². The first-order chi connectivity index (χ1) is 9.34. The Morgan fingerprint density at radius 2 is 2.00 bits per heavy atom. The zero-order valence-corrected chi connectivity index (χ0v) is 10.7. The first-order valence-corrected chi connectivity index (χ1v) is 6.60. The second-order valence-corrected chi connectivity index (χ2v) is 4.72. The maximum atomic E-state index is 6.12. The Morgan fingerprint density at radius 1 is 1.16 bits per heavy atom. The van der Waals surface area contributed by atoms with Gasteiger partial charge in [-0.2, -0.15) is 0 Å². The third-order valence-electron chi connectivity index (χ3n) is 3.34. The summed E-state index contributed by atoms with van der Waals surface area (Å²) in [4.78, 5) is 0. The molecule has 2 unspecified atom stereocenters. The Hall–Kier alpha value is -1.72. The van der Waals surface area contributed by atoms with Gasteiger partial charge >= 0.3 is 0 Å². The van der Waals surface area contributed by atoms with Crippen molar-refractivity contribution in [3.63, 3.8) is 0 Å². The molecule has 0 radical (unpaired) electrons. The number of benzene rings is 1. The molecular formula is C14H17N3O2. The van der Waals surface area contributed by atoms with Gasteiger partial charge in [0, 0.05) is 6.61 Å². The largest absolute Gasteiger partial charge is 0.420 e. The van der Waals surface area contributed by atoms with Gasteiger partial charge in [-0.25, -0.2) is 0 Å². The van der Waals surface area contributed by atoms with Gasteiger partial charge in [-0.1, -0.05) is 30.3 Å². The highest BCUT2D eigenvalue weighted by Crippen LogP contribution is 2.28. The average Bonchev–Trinajstić information content (AvgIpc) is 2.98. The molecule has 5 nitrogen and oxygen atoms in total. The Balaban J connectivity index is 1.77. The maximum Gasteiger partial charge on any atom is 0.245 e. The Morgan fingerprint density at radius 3 is 2.74 bits per heavy atom. The fourth-order valence-corrected chi connectivity index (χ4v) is 2.24. The van der Waals surface area contributed by atoms with Crippen LogP contribution in [0.2, 0.25) is 0 Å². The molecule has 1 aromatic heterocycles. The monoisotopic (exact) mass is 259 g/mol. The SMILES string of the molecule is NC(c1ccccc1)c1nnc(C2CCCCO2)o1. The molecule has 3 rings (SSSR count). The van der Waals surface area contributed by atoms with Crippen LogP contribution in [0, 0.1) is 0 Å². The molecule has 2 N–H and O–H groups in total. The van der Waals surface area contributed by atoms with E-state index in [2.05, 4.69) is 10.2 Å². The van der Waals surface area contributed by atoms with E-state index in [0.29, 0.717) is 11.8 Å². The molecule has 19 heavy (non-hydrogen) atoms. The zero-order chi connectivity index (χ0) is 13.1. The van der Waals surface area contributed by atoms with Crippen molar-refractivity contribution in [3.8, 4) is 0 Å². The lowest BCUT2D eigenvalue weighted by Crippen LogP contribution is -2.12. The van der Waals surface area contributed by atoms with Gasteiger partial charge in [-0.05, 0) is 24.8 Å². The normalized spacial score (nSPS) is 21.2. The van der Waals surface area contributed by atoms with Crippen LogP contribution in [0.5, 0.6) is 0 Å². The van der Waals surface area contributed by atoms with Gasteiger partial charge < -0.3 is 14.9 Å². The van der Waals surface area contributed by atoms with Crippen LogP contribution in [-0.2, 0) is 4.74 Å². The van der Waals surface area contributed by atoms with Crippen LogP contribution >= 0.6 is 0 Å². The fraction of sp³-hybridized carbons (Fsp3) is 0.429. The van der Waals surface area contributed by atoms with Crippen molar-refractivity contribution in [1.29, 1.82) is 0 Å². The molecular weight excluding hydrogens is 242 g/mol. The third kappa shape index (κ3) is 2.67. The van der Waals surface area contributed by atoms with Crippen LogP contribution in [0.25, 0.3) is 0 Å². The van der Waals surface area contributed by atoms with Gasteiger partial charge in [0.2, 0.25) is 11.8 Å². The number of nitrogens with zero attached hydrogens (tertiary/aromatic N) is 2. The predicted octanol–water partition coefficient (Wildman–Crippen LogP) is 2.36. The lowest BCUT2D eigenvalue weighted by atomic mass is 10.1. The van der Waals surface area contributed by atoms with Crippen LogP contribution in [0.4, 0.5) is 0 Å². The number of rotatable bonds is 3. The molecule has 1 saturated heterocycles. The number of aromatic nitrogens is 2.